The van der Waals surface area contributed by atoms with Crippen LogP contribution in [0.15, 0.2) is 0 Å². The molecular formula is C23H31F17O. The molecule has 0 saturated carbocycles. The third-order valence-electron chi connectivity index (χ3n) is 6.16. The number of hydrogen-bond donors (Lipinski definition) is 0. The molecule has 0 aromatic carbocycles. The highest BCUT2D eigenvalue weighted by Crippen LogP contribution is 2.62. The molecule has 0 radical (unpaired) electrons. The fourth-order valence-corrected chi connectivity index (χ4v) is 3.52. The third-order valence-corrected chi connectivity index (χ3v) is 6.16. The second-order valence-corrected chi connectivity index (χ2v) is 9.59. The zero-order chi connectivity index (χ0) is 32.6. The largest absolute Gasteiger partial charge is 0.426 e. The summed E-state index contributed by atoms with van der Waals surface area (Å²) in [4.78, 5) is 0. The van der Waals surface area contributed by atoms with Crippen LogP contribution >= 0.6 is 0 Å². The Morgan fingerprint density at radius 2 is 0.732 bits per heavy atom. The zero-order valence-corrected chi connectivity index (χ0v) is 21.7. The van der Waals surface area contributed by atoms with E-state index >= 15 is 0 Å². The van der Waals surface area contributed by atoms with E-state index in [0.717, 1.165) is 44.9 Å². The number of alkyl halides is 17. The molecule has 0 aliphatic heterocycles. The van der Waals surface area contributed by atoms with E-state index in [1.807, 2.05) is 6.92 Å². The van der Waals surface area contributed by atoms with Crippen LogP contribution in [0.25, 0.3) is 0 Å². The van der Waals surface area contributed by atoms with Gasteiger partial charge >= 0.3 is 47.8 Å². The lowest BCUT2D eigenvalue weighted by molar-refractivity contribution is -0.466. The van der Waals surface area contributed by atoms with Gasteiger partial charge in [0.1, 0.15) is 0 Å². The van der Waals surface area contributed by atoms with Crippen LogP contribution in [0.3, 0.4) is 0 Å². The average molecular weight is 646 g/mol. The molecule has 0 aromatic rings. The minimum absolute atomic E-state index is 0.00133. The Morgan fingerprint density at radius 1 is 0.390 bits per heavy atom. The predicted molar refractivity (Wildman–Crippen MR) is 112 cm³/mol. The summed E-state index contributed by atoms with van der Waals surface area (Å²) in [6.45, 7) is 0.532. The van der Waals surface area contributed by atoms with E-state index < -0.39 is 73.7 Å². The van der Waals surface area contributed by atoms with Gasteiger partial charge in [-0.05, 0) is 6.42 Å². The molecule has 0 atom stereocenters. The molecule has 0 N–H and O–H groups in total. The highest BCUT2D eigenvalue weighted by atomic mass is 19.4. The first-order valence-electron chi connectivity index (χ1n) is 12.6. The maximum absolute atomic E-state index is 13.8. The van der Waals surface area contributed by atoms with Crippen molar-refractivity contribution < 1.29 is 79.4 Å². The van der Waals surface area contributed by atoms with E-state index in [1.165, 1.54) is 0 Å². The summed E-state index contributed by atoms with van der Waals surface area (Å²) in [5.41, 5.74) is 0. The van der Waals surface area contributed by atoms with Crippen molar-refractivity contribution in [1.29, 1.82) is 0 Å². The second kappa shape index (κ2) is 14.5. The van der Waals surface area contributed by atoms with Crippen LogP contribution in [0.1, 0.15) is 90.4 Å². The highest BCUT2D eigenvalue weighted by Gasteiger charge is 2.93. The first kappa shape index (κ1) is 39.8. The van der Waals surface area contributed by atoms with Crippen LogP contribution in [-0.2, 0) is 4.74 Å². The van der Waals surface area contributed by atoms with Gasteiger partial charge in [0.15, 0.2) is 0 Å². The summed E-state index contributed by atoms with van der Waals surface area (Å²) in [6.07, 6.45) is -11.8. The molecule has 0 saturated heterocycles. The summed E-state index contributed by atoms with van der Waals surface area (Å²) in [6, 6.07) is 0. The van der Waals surface area contributed by atoms with Crippen molar-refractivity contribution in [2.75, 3.05) is 6.61 Å². The van der Waals surface area contributed by atoms with Gasteiger partial charge in [0.2, 0.25) is 0 Å². The maximum atomic E-state index is 13.8. The van der Waals surface area contributed by atoms with Crippen LogP contribution < -0.4 is 0 Å². The standard InChI is InChI=1S/C23H31F17O/c1-2-3-4-5-6-7-8-9-10-11-12-15-41-23(39,40)22(37,38)21(35,36)20(33,34)19(31,32)18(29,30)16(24,25)13-14-17(26,27)28/h2-15H2,1H3. The first-order valence-corrected chi connectivity index (χ1v) is 12.6. The van der Waals surface area contributed by atoms with Crippen molar-refractivity contribution in [3.8, 4) is 0 Å². The molecule has 1 nitrogen and oxygen atoms in total. The van der Waals surface area contributed by atoms with Gasteiger partial charge in [0.05, 0.1) is 6.61 Å². The lowest BCUT2D eigenvalue weighted by Gasteiger charge is -2.42. The van der Waals surface area contributed by atoms with E-state index in [-0.39, 0.29) is 6.42 Å². The van der Waals surface area contributed by atoms with Crippen molar-refractivity contribution in [2.45, 2.75) is 138 Å². The van der Waals surface area contributed by atoms with Crippen LogP contribution in [0.5, 0.6) is 0 Å². The molecule has 41 heavy (non-hydrogen) atoms. The van der Waals surface area contributed by atoms with E-state index in [0.29, 0.717) is 12.8 Å². The normalized spacial score (nSPS) is 15.1. The van der Waals surface area contributed by atoms with Gasteiger partial charge < -0.3 is 4.74 Å². The maximum Gasteiger partial charge on any atom is 0.426 e. The molecule has 0 heterocycles. The summed E-state index contributed by atoms with van der Waals surface area (Å²) < 4.78 is 231. The number of ether oxygens (including phenoxy) is 1. The minimum Gasteiger partial charge on any atom is -0.316 e. The van der Waals surface area contributed by atoms with Gasteiger partial charge in [-0.2, -0.15) is 74.6 Å². The molecule has 0 bridgehead atoms. The molecule has 0 spiro atoms. The molecule has 0 aliphatic rings. The van der Waals surface area contributed by atoms with E-state index in [1.54, 1.807) is 0 Å². The molecule has 0 unspecified atom stereocenters. The number of rotatable bonds is 21. The Morgan fingerprint density at radius 3 is 1.12 bits per heavy atom. The van der Waals surface area contributed by atoms with Gasteiger partial charge in [-0.15, -0.1) is 0 Å². The Bertz CT molecular complexity index is 762. The molecule has 248 valence electrons. The number of hydrogen-bond acceptors (Lipinski definition) is 1. The van der Waals surface area contributed by atoms with Crippen LogP contribution in [0, 0.1) is 0 Å². The molecule has 0 aliphatic carbocycles. The van der Waals surface area contributed by atoms with Crippen LogP contribution in [-0.4, -0.2) is 54.4 Å². The predicted octanol–water partition coefficient (Wildman–Crippen LogP) is 11.1. The quantitative estimate of drug-likeness (QED) is 0.0891. The number of unbranched alkanes of at least 4 members (excludes halogenated alkanes) is 10. The Hall–Kier alpha value is -1.23. The molecule has 0 amide bonds. The van der Waals surface area contributed by atoms with Crippen molar-refractivity contribution >= 4 is 0 Å². The summed E-state index contributed by atoms with van der Waals surface area (Å²) in [5, 5.41) is 0. The van der Waals surface area contributed by atoms with E-state index in [2.05, 4.69) is 4.74 Å². The van der Waals surface area contributed by atoms with Crippen LogP contribution in [0.2, 0.25) is 0 Å². The van der Waals surface area contributed by atoms with Crippen molar-refractivity contribution in [1.82, 2.24) is 0 Å². The van der Waals surface area contributed by atoms with Gasteiger partial charge in [0, 0.05) is 12.8 Å². The smallest absolute Gasteiger partial charge is 0.316 e. The Kier molecular flexibility index (Phi) is 14.1. The highest BCUT2D eigenvalue weighted by molar-refractivity contribution is 5.13. The Labute approximate surface area is 225 Å². The molecule has 0 rings (SSSR count). The topological polar surface area (TPSA) is 9.23 Å². The molecular weight excluding hydrogens is 615 g/mol. The van der Waals surface area contributed by atoms with Crippen LogP contribution in [0.4, 0.5) is 74.6 Å². The minimum atomic E-state index is -8.35. The van der Waals surface area contributed by atoms with Gasteiger partial charge in [-0.25, -0.2) is 0 Å². The monoisotopic (exact) mass is 646 g/mol. The average Bonchev–Trinajstić information content (AvgIpc) is 2.82. The molecule has 0 aromatic heterocycles. The fourth-order valence-electron chi connectivity index (χ4n) is 3.52. The summed E-state index contributed by atoms with van der Waals surface area (Å²) >= 11 is 0. The lowest BCUT2D eigenvalue weighted by Crippen LogP contribution is -2.73. The van der Waals surface area contributed by atoms with Gasteiger partial charge in [0.25, 0.3) is 0 Å². The van der Waals surface area contributed by atoms with E-state index in [9.17, 15) is 74.6 Å². The summed E-state index contributed by atoms with van der Waals surface area (Å²) in [5.74, 6) is -47.1. The fraction of sp³-hybridized carbons (Fsp3) is 1.00. The number of halogens is 17. The molecule has 0 fully saturated rings. The SMILES string of the molecule is CCCCCCCCCCCCCOC(F)(F)C(F)(F)C(F)(F)C(F)(F)C(F)(F)C(F)(F)C(F)(F)CCC(F)(F)F. The van der Waals surface area contributed by atoms with Crippen molar-refractivity contribution in [3.63, 3.8) is 0 Å². The molecule has 18 heteroatoms. The van der Waals surface area contributed by atoms with Crippen molar-refractivity contribution in [3.05, 3.63) is 0 Å². The van der Waals surface area contributed by atoms with E-state index in [4.69, 9.17) is 0 Å². The zero-order valence-electron chi connectivity index (χ0n) is 21.7. The lowest BCUT2D eigenvalue weighted by atomic mass is 9.89. The Balaban J connectivity index is 5.36. The summed E-state index contributed by atoms with van der Waals surface area (Å²) in [7, 11) is 0. The van der Waals surface area contributed by atoms with Gasteiger partial charge in [-0.3, -0.25) is 0 Å². The van der Waals surface area contributed by atoms with Gasteiger partial charge in [-0.1, -0.05) is 71.1 Å². The second-order valence-electron chi connectivity index (χ2n) is 9.59. The van der Waals surface area contributed by atoms with Crippen molar-refractivity contribution in [2.24, 2.45) is 0 Å². The first-order chi connectivity index (χ1) is 18.3. The third kappa shape index (κ3) is 9.38.